The number of aromatic nitrogens is 5. The Morgan fingerprint density at radius 2 is 0.982 bits per heavy atom. The molecule has 4 aromatic heterocycles. The molecule has 0 unspecified atom stereocenters. The van der Waals surface area contributed by atoms with Gasteiger partial charge in [0.25, 0.3) is 0 Å². The molecule has 12 rings (SSSR count). The Labute approximate surface area is 320 Å². The second kappa shape index (κ2) is 11.9. The summed E-state index contributed by atoms with van der Waals surface area (Å²) in [5, 5.41) is 11.2. The summed E-state index contributed by atoms with van der Waals surface area (Å²) in [6, 6.07) is 57.5. The Kier molecular flexibility index (Phi) is 6.53. The molecule has 56 heavy (non-hydrogen) atoms. The Hall–Kier alpha value is -7.70. The number of rotatable bonds is 4. The first-order chi connectivity index (χ1) is 27.8. The van der Waals surface area contributed by atoms with Gasteiger partial charge in [0.05, 0.1) is 22.9 Å². The average Bonchev–Trinajstić information content (AvgIpc) is 3.81. The van der Waals surface area contributed by atoms with Crippen LogP contribution in [0.2, 0.25) is 0 Å². The van der Waals surface area contributed by atoms with E-state index in [0.717, 1.165) is 82.3 Å². The fourth-order valence-corrected chi connectivity index (χ4v) is 8.61. The fourth-order valence-electron chi connectivity index (χ4n) is 8.61. The van der Waals surface area contributed by atoms with Crippen molar-refractivity contribution in [1.82, 2.24) is 24.5 Å². The lowest BCUT2D eigenvalue weighted by atomic mass is 9.96. The quantitative estimate of drug-likeness (QED) is 0.170. The summed E-state index contributed by atoms with van der Waals surface area (Å²) >= 11 is 0. The van der Waals surface area contributed by atoms with E-state index in [2.05, 4.69) is 161 Å². The highest BCUT2D eigenvalue weighted by molar-refractivity contribution is 6.14. The monoisotopic (exact) mass is 715 g/mol. The smallest absolute Gasteiger partial charge is 0.164 e. The van der Waals surface area contributed by atoms with Gasteiger partial charge in [0, 0.05) is 49.8 Å². The van der Waals surface area contributed by atoms with Gasteiger partial charge in [-0.3, -0.25) is 4.98 Å². The van der Waals surface area contributed by atoms with E-state index in [1.807, 2.05) is 12.1 Å². The van der Waals surface area contributed by atoms with E-state index in [1.165, 1.54) is 16.2 Å². The SMILES string of the molecule is c1ccc2c(c1)cc(-c1nc(-c3ccc4c(c3)oc3cnccc34)nc(-c3ccc(-n4c5ccccc5c5ccccc54)c4ccccc34)n1)c1ccccc12. The molecule has 0 atom stereocenters. The summed E-state index contributed by atoms with van der Waals surface area (Å²) in [5.74, 6) is 1.77. The molecule has 0 saturated carbocycles. The van der Waals surface area contributed by atoms with E-state index in [4.69, 9.17) is 19.4 Å². The molecule has 260 valence electrons. The summed E-state index contributed by atoms with van der Waals surface area (Å²) in [5.41, 5.74) is 7.64. The van der Waals surface area contributed by atoms with Crippen LogP contribution in [-0.2, 0) is 0 Å². The van der Waals surface area contributed by atoms with Gasteiger partial charge in [0.15, 0.2) is 23.1 Å². The van der Waals surface area contributed by atoms with Gasteiger partial charge in [-0.05, 0) is 75.5 Å². The van der Waals surface area contributed by atoms with Crippen molar-refractivity contribution in [2.75, 3.05) is 0 Å². The third kappa shape index (κ3) is 4.56. The van der Waals surface area contributed by atoms with Crippen molar-refractivity contribution < 1.29 is 4.42 Å². The van der Waals surface area contributed by atoms with Gasteiger partial charge in [-0.1, -0.05) is 115 Å². The highest BCUT2D eigenvalue weighted by Crippen LogP contribution is 2.40. The van der Waals surface area contributed by atoms with E-state index in [1.54, 1.807) is 12.4 Å². The average molecular weight is 716 g/mol. The molecular formula is C50H29N5O. The second-order valence-electron chi connectivity index (χ2n) is 14.2. The van der Waals surface area contributed by atoms with Gasteiger partial charge < -0.3 is 8.98 Å². The highest BCUT2D eigenvalue weighted by atomic mass is 16.3. The van der Waals surface area contributed by atoms with Crippen molar-refractivity contribution in [2.24, 2.45) is 0 Å². The highest BCUT2D eigenvalue weighted by Gasteiger charge is 2.20. The van der Waals surface area contributed by atoms with Crippen molar-refractivity contribution in [2.45, 2.75) is 0 Å². The van der Waals surface area contributed by atoms with Crippen molar-refractivity contribution >= 4 is 76.1 Å². The number of nitrogens with zero attached hydrogens (tertiary/aromatic N) is 5. The summed E-state index contributed by atoms with van der Waals surface area (Å²) in [7, 11) is 0. The minimum Gasteiger partial charge on any atom is -0.454 e. The maximum atomic E-state index is 6.28. The fraction of sp³-hybridized carbons (Fsp3) is 0. The van der Waals surface area contributed by atoms with Crippen LogP contribution in [0.4, 0.5) is 0 Å². The first-order valence-corrected chi connectivity index (χ1v) is 18.7. The van der Waals surface area contributed by atoms with Crippen LogP contribution in [0.15, 0.2) is 181 Å². The van der Waals surface area contributed by atoms with Crippen molar-refractivity contribution in [3.8, 4) is 39.9 Å². The minimum atomic E-state index is 0.568. The molecule has 0 aliphatic carbocycles. The van der Waals surface area contributed by atoms with E-state index >= 15 is 0 Å². The van der Waals surface area contributed by atoms with E-state index in [9.17, 15) is 0 Å². The van der Waals surface area contributed by atoms with Gasteiger partial charge in [0.2, 0.25) is 0 Å². The normalized spacial score (nSPS) is 11.9. The maximum absolute atomic E-state index is 6.28. The number of benzene rings is 8. The van der Waals surface area contributed by atoms with Crippen LogP contribution in [0, 0.1) is 0 Å². The van der Waals surface area contributed by atoms with Crippen molar-refractivity contribution in [1.29, 1.82) is 0 Å². The molecule has 6 heteroatoms. The van der Waals surface area contributed by atoms with Crippen LogP contribution >= 0.6 is 0 Å². The molecule has 0 aliphatic heterocycles. The molecule has 0 radical (unpaired) electrons. The zero-order chi connectivity index (χ0) is 36.7. The number of pyridine rings is 1. The predicted molar refractivity (Wildman–Crippen MR) is 228 cm³/mol. The van der Waals surface area contributed by atoms with Crippen LogP contribution in [0.25, 0.3) is 116 Å². The molecule has 8 aromatic carbocycles. The molecular weight excluding hydrogens is 687 g/mol. The Balaban J connectivity index is 1.13. The zero-order valence-electron chi connectivity index (χ0n) is 29.9. The molecule has 0 spiro atoms. The Morgan fingerprint density at radius 1 is 0.393 bits per heavy atom. The molecule has 12 aromatic rings. The third-order valence-corrected chi connectivity index (χ3v) is 11.1. The maximum Gasteiger partial charge on any atom is 0.164 e. The molecule has 0 fully saturated rings. The summed E-state index contributed by atoms with van der Waals surface area (Å²) in [6.07, 6.45) is 3.55. The van der Waals surface area contributed by atoms with Crippen LogP contribution < -0.4 is 0 Å². The number of fused-ring (bicyclic) bond motifs is 10. The van der Waals surface area contributed by atoms with E-state index in [-0.39, 0.29) is 0 Å². The lowest BCUT2D eigenvalue weighted by molar-refractivity contribution is 0.667. The topological polar surface area (TPSA) is 69.6 Å². The molecule has 0 saturated heterocycles. The minimum absolute atomic E-state index is 0.568. The largest absolute Gasteiger partial charge is 0.454 e. The summed E-state index contributed by atoms with van der Waals surface area (Å²) in [6.45, 7) is 0. The van der Waals surface area contributed by atoms with Crippen LogP contribution in [-0.4, -0.2) is 24.5 Å². The zero-order valence-corrected chi connectivity index (χ0v) is 29.9. The van der Waals surface area contributed by atoms with Gasteiger partial charge in [-0.25, -0.2) is 15.0 Å². The summed E-state index contributed by atoms with van der Waals surface area (Å²) in [4.78, 5) is 20.1. The molecule has 6 nitrogen and oxygen atoms in total. The number of hydrogen-bond donors (Lipinski definition) is 0. The van der Waals surface area contributed by atoms with E-state index < -0.39 is 0 Å². The second-order valence-corrected chi connectivity index (χ2v) is 14.2. The van der Waals surface area contributed by atoms with E-state index in [0.29, 0.717) is 17.5 Å². The molecule has 0 amide bonds. The molecule has 0 N–H and O–H groups in total. The van der Waals surface area contributed by atoms with Crippen LogP contribution in [0.3, 0.4) is 0 Å². The Morgan fingerprint density at radius 3 is 1.75 bits per heavy atom. The number of furan rings is 1. The number of hydrogen-bond acceptors (Lipinski definition) is 5. The Bertz CT molecular complexity index is 3510. The third-order valence-electron chi connectivity index (χ3n) is 11.1. The van der Waals surface area contributed by atoms with Crippen molar-refractivity contribution in [3.05, 3.63) is 176 Å². The van der Waals surface area contributed by atoms with Crippen molar-refractivity contribution in [3.63, 3.8) is 0 Å². The first kappa shape index (κ1) is 30.7. The van der Waals surface area contributed by atoms with Gasteiger partial charge >= 0.3 is 0 Å². The predicted octanol–water partition coefficient (Wildman–Crippen LogP) is 12.7. The summed E-state index contributed by atoms with van der Waals surface area (Å²) < 4.78 is 8.66. The number of para-hydroxylation sites is 2. The lowest BCUT2D eigenvalue weighted by Gasteiger charge is -2.16. The molecule has 0 aliphatic rings. The molecule has 4 heterocycles. The first-order valence-electron chi connectivity index (χ1n) is 18.7. The van der Waals surface area contributed by atoms with Crippen LogP contribution in [0.1, 0.15) is 0 Å². The molecule has 0 bridgehead atoms. The lowest BCUT2D eigenvalue weighted by Crippen LogP contribution is -2.02. The standard InChI is InChI=1S/C50H29N5O/c1-2-12-32-30(11-1)27-42(34-14-4-3-13-33(32)34)50-53-48(31-21-22-39-40-25-26-51-29-47(40)56-46(39)28-31)52-49(54-50)41-23-24-45(36-16-6-5-15-35(36)41)55-43-19-9-7-17-37(43)38-18-8-10-20-44(38)55/h1-29H. The van der Waals surface area contributed by atoms with Gasteiger partial charge in [0.1, 0.15) is 5.58 Å². The van der Waals surface area contributed by atoms with Crippen LogP contribution in [0.5, 0.6) is 0 Å². The van der Waals surface area contributed by atoms with Gasteiger partial charge in [-0.15, -0.1) is 0 Å². The van der Waals surface area contributed by atoms with Gasteiger partial charge in [-0.2, -0.15) is 0 Å².